The van der Waals surface area contributed by atoms with Crippen LogP contribution in [0.1, 0.15) is 18.4 Å². The number of carbonyl (C=O) groups is 1. The van der Waals surface area contributed by atoms with Crippen LogP contribution in [-0.2, 0) is 4.79 Å². The lowest BCUT2D eigenvalue weighted by Gasteiger charge is -2.06. The van der Waals surface area contributed by atoms with Gasteiger partial charge in [0.1, 0.15) is 0 Å². The number of hydrogen-bond donors (Lipinski definition) is 1. The lowest BCUT2D eigenvalue weighted by atomic mass is 10.0. The van der Waals surface area contributed by atoms with E-state index in [1.807, 2.05) is 29.6 Å². The maximum absolute atomic E-state index is 10.8. The molecule has 0 saturated carbocycles. The number of carboxylic acid groups (broad SMARTS) is 1. The van der Waals surface area contributed by atoms with Crippen LogP contribution in [0.15, 0.2) is 45.1 Å². The van der Waals surface area contributed by atoms with Gasteiger partial charge in [-0.05, 0) is 24.6 Å². The molecule has 17 heavy (non-hydrogen) atoms. The zero-order valence-electron chi connectivity index (χ0n) is 9.16. The van der Waals surface area contributed by atoms with Gasteiger partial charge < -0.3 is 5.11 Å². The molecular formula is C12H11NO2S2. The van der Waals surface area contributed by atoms with Crippen LogP contribution in [0.5, 0.6) is 0 Å². The summed E-state index contributed by atoms with van der Waals surface area (Å²) in [6.07, 6.45) is 1.77. The monoisotopic (exact) mass is 265 g/mol. The maximum Gasteiger partial charge on any atom is 0.310 e. The van der Waals surface area contributed by atoms with E-state index in [0.29, 0.717) is 0 Å². The van der Waals surface area contributed by atoms with Crippen molar-refractivity contribution in [3.8, 4) is 0 Å². The number of nitrogens with zero attached hydrogens (tertiary/aromatic N) is 1. The third kappa shape index (κ3) is 3.08. The molecule has 5 heteroatoms. The fraction of sp³-hybridized carbons (Fsp3) is 0.167. The molecule has 1 unspecified atom stereocenters. The van der Waals surface area contributed by atoms with E-state index in [4.69, 9.17) is 5.11 Å². The third-order valence-corrected chi connectivity index (χ3v) is 4.26. The first-order valence-corrected chi connectivity index (χ1v) is 6.76. The summed E-state index contributed by atoms with van der Waals surface area (Å²) >= 11 is 3.17. The zero-order valence-corrected chi connectivity index (χ0v) is 10.8. The predicted molar refractivity (Wildman–Crippen MR) is 68.7 cm³/mol. The van der Waals surface area contributed by atoms with Crippen LogP contribution in [0, 0.1) is 0 Å². The van der Waals surface area contributed by atoms with Crippen molar-refractivity contribution in [3.05, 3.63) is 41.4 Å². The molecule has 3 nitrogen and oxygen atoms in total. The van der Waals surface area contributed by atoms with Gasteiger partial charge in [-0.25, -0.2) is 4.98 Å². The highest BCUT2D eigenvalue weighted by Gasteiger charge is 2.13. The number of carboxylic acids is 1. The quantitative estimate of drug-likeness (QED) is 0.919. The Hall–Kier alpha value is -1.33. The molecule has 1 N–H and O–H groups in total. The third-order valence-electron chi connectivity index (χ3n) is 2.37. The Balaban J connectivity index is 2.10. The van der Waals surface area contributed by atoms with E-state index >= 15 is 0 Å². The van der Waals surface area contributed by atoms with E-state index < -0.39 is 11.9 Å². The van der Waals surface area contributed by atoms with E-state index in [9.17, 15) is 4.79 Å². The van der Waals surface area contributed by atoms with Crippen molar-refractivity contribution in [2.45, 2.75) is 22.1 Å². The highest BCUT2D eigenvalue weighted by atomic mass is 32.2. The molecule has 1 aromatic heterocycles. The number of thiazole rings is 1. The average molecular weight is 265 g/mol. The van der Waals surface area contributed by atoms with Crippen molar-refractivity contribution >= 4 is 29.1 Å². The number of benzene rings is 1. The molecule has 0 saturated heterocycles. The number of hydrogen-bond acceptors (Lipinski definition) is 4. The molecule has 0 spiro atoms. The second-order valence-electron chi connectivity index (χ2n) is 3.53. The van der Waals surface area contributed by atoms with E-state index in [1.165, 1.54) is 0 Å². The summed E-state index contributed by atoms with van der Waals surface area (Å²) in [6, 6.07) is 7.57. The average Bonchev–Trinajstić information content (AvgIpc) is 2.82. The minimum absolute atomic E-state index is 0.464. The minimum Gasteiger partial charge on any atom is -0.481 e. The number of rotatable bonds is 4. The van der Waals surface area contributed by atoms with Gasteiger partial charge in [0.15, 0.2) is 4.34 Å². The van der Waals surface area contributed by atoms with Crippen LogP contribution in [0.2, 0.25) is 0 Å². The summed E-state index contributed by atoms with van der Waals surface area (Å²) < 4.78 is 0.990. The summed E-state index contributed by atoms with van der Waals surface area (Å²) in [5.41, 5.74) is 0.820. The fourth-order valence-corrected chi connectivity index (χ4v) is 2.92. The molecule has 88 valence electrons. The molecule has 0 bridgehead atoms. The van der Waals surface area contributed by atoms with E-state index in [2.05, 4.69) is 4.98 Å². The molecule has 0 aliphatic carbocycles. The minimum atomic E-state index is -0.801. The molecule has 0 aliphatic heterocycles. The molecule has 1 aromatic carbocycles. The summed E-state index contributed by atoms with van der Waals surface area (Å²) in [5, 5.41) is 10.8. The standard InChI is InChI=1S/C12H11NO2S2/c1-8(11(14)15)9-2-4-10(5-3-9)17-12-13-6-7-16-12/h2-8H,1H3,(H,14,15). The second kappa shape index (κ2) is 5.33. The first kappa shape index (κ1) is 12.1. The molecule has 2 rings (SSSR count). The predicted octanol–water partition coefficient (Wildman–Crippen LogP) is 3.48. The molecule has 1 atom stereocenters. The highest BCUT2D eigenvalue weighted by molar-refractivity contribution is 8.01. The molecule has 0 fully saturated rings. The van der Waals surface area contributed by atoms with Crippen molar-refractivity contribution < 1.29 is 9.90 Å². The Labute approximate surface area is 108 Å². The van der Waals surface area contributed by atoms with Gasteiger partial charge in [-0.1, -0.05) is 23.9 Å². The van der Waals surface area contributed by atoms with Crippen LogP contribution in [0.4, 0.5) is 0 Å². The van der Waals surface area contributed by atoms with Gasteiger partial charge in [0.05, 0.1) is 5.92 Å². The summed E-state index contributed by atoms with van der Waals surface area (Å²) in [7, 11) is 0. The Morgan fingerprint density at radius 1 is 1.41 bits per heavy atom. The first-order chi connectivity index (χ1) is 8.16. The Morgan fingerprint density at radius 2 is 2.12 bits per heavy atom. The summed E-state index contributed by atoms with van der Waals surface area (Å²) in [4.78, 5) is 16.1. The van der Waals surface area contributed by atoms with Gasteiger partial charge >= 0.3 is 5.97 Å². The lowest BCUT2D eigenvalue weighted by Crippen LogP contribution is -2.06. The Bertz CT molecular complexity index is 494. The van der Waals surface area contributed by atoms with Gasteiger partial charge in [-0.2, -0.15) is 0 Å². The highest BCUT2D eigenvalue weighted by Crippen LogP contribution is 2.30. The SMILES string of the molecule is CC(C(=O)O)c1ccc(Sc2nccs2)cc1. The Kier molecular flexibility index (Phi) is 3.81. The van der Waals surface area contributed by atoms with Gasteiger partial charge in [0.2, 0.25) is 0 Å². The molecular weight excluding hydrogens is 254 g/mol. The van der Waals surface area contributed by atoms with Crippen molar-refractivity contribution in [2.24, 2.45) is 0 Å². The zero-order chi connectivity index (χ0) is 12.3. The van der Waals surface area contributed by atoms with Gasteiger partial charge in [-0.3, -0.25) is 4.79 Å². The summed E-state index contributed by atoms with van der Waals surface area (Å²) in [5.74, 6) is -1.26. The normalized spacial score (nSPS) is 12.3. The van der Waals surface area contributed by atoms with Crippen LogP contribution >= 0.6 is 23.1 Å². The largest absolute Gasteiger partial charge is 0.481 e. The van der Waals surface area contributed by atoms with Crippen molar-refractivity contribution in [3.63, 3.8) is 0 Å². The fourth-order valence-electron chi connectivity index (χ4n) is 1.33. The Morgan fingerprint density at radius 3 is 2.65 bits per heavy atom. The number of aromatic nitrogens is 1. The molecule has 1 heterocycles. The van der Waals surface area contributed by atoms with Gasteiger partial charge in [0, 0.05) is 16.5 Å². The second-order valence-corrected chi connectivity index (χ2v) is 5.74. The molecule has 0 aliphatic rings. The van der Waals surface area contributed by atoms with Crippen molar-refractivity contribution in [2.75, 3.05) is 0 Å². The first-order valence-electron chi connectivity index (χ1n) is 5.07. The van der Waals surface area contributed by atoms with Crippen molar-refractivity contribution in [1.82, 2.24) is 4.98 Å². The van der Waals surface area contributed by atoms with Crippen LogP contribution < -0.4 is 0 Å². The molecule has 0 amide bonds. The van der Waals surface area contributed by atoms with Crippen LogP contribution in [0.3, 0.4) is 0 Å². The van der Waals surface area contributed by atoms with E-state index in [-0.39, 0.29) is 0 Å². The molecule has 0 radical (unpaired) electrons. The lowest BCUT2D eigenvalue weighted by molar-refractivity contribution is -0.138. The smallest absolute Gasteiger partial charge is 0.310 e. The summed E-state index contributed by atoms with van der Waals surface area (Å²) in [6.45, 7) is 1.69. The topological polar surface area (TPSA) is 50.2 Å². The van der Waals surface area contributed by atoms with E-state index in [1.54, 1.807) is 36.2 Å². The number of aliphatic carboxylic acids is 1. The van der Waals surface area contributed by atoms with E-state index in [0.717, 1.165) is 14.8 Å². The van der Waals surface area contributed by atoms with Gasteiger partial charge in [-0.15, -0.1) is 11.3 Å². The van der Waals surface area contributed by atoms with Crippen LogP contribution in [-0.4, -0.2) is 16.1 Å². The molecule has 2 aromatic rings. The van der Waals surface area contributed by atoms with Gasteiger partial charge in [0.25, 0.3) is 0 Å². The van der Waals surface area contributed by atoms with Crippen LogP contribution in [0.25, 0.3) is 0 Å². The van der Waals surface area contributed by atoms with Crippen molar-refractivity contribution in [1.29, 1.82) is 0 Å². The maximum atomic E-state index is 10.8.